The number of rotatable bonds is 7. The molecule has 0 saturated carbocycles. The van der Waals surface area contributed by atoms with Gasteiger partial charge in [-0.3, -0.25) is 4.79 Å². The predicted molar refractivity (Wildman–Crippen MR) is 97.7 cm³/mol. The number of carbonyl (C=O) groups is 1. The van der Waals surface area contributed by atoms with E-state index in [1.54, 1.807) is 50.6 Å². The summed E-state index contributed by atoms with van der Waals surface area (Å²) >= 11 is 11.9. The van der Waals surface area contributed by atoms with E-state index in [1.165, 1.54) is 0 Å². The number of hydrogen-bond acceptors (Lipinski definition) is 4. The summed E-state index contributed by atoms with van der Waals surface area (Å²) in [4.78, 5) is 12.1. The van der Waals surface area contributed by atoms with Crippen LogP contribution in [-0.2, 0) is 4.79 Å². The average Bonchev–Trinajstić information content (AvgIpc) is 2.53. The van der Waals surface area contributed by atoms with Crippen molar-refractivity contribution in [3.05, 3.63) is 46.4 Å². The molecule has 0 saturated heterocycles. The van der Waals surface area contributed by atoms with Gasteiger partial charge in [0.2, 0.25) is 5.91 Å². The molecule has 0 spiro atoms. The van der Waals surface area contributed by atoms with Crippen molar-refractivity contribution in [1.82, 2.24) is 0 Å². The highest BCUT2D eigenvalue weighted by Gasteiger charge is 2.09. The Labute approximate surface area is 150 Å². The van der Waals surface area contributed by atoms with Crippen molar-refractivity contribution in [3.63, 3.8) is 0 Å². The summed E-state index contributed by atoms with van der Waals surface area (Å²) in [5, 5.41) is 6.99. The van der Waals surface area contributed by atoms with E-state index in [0.29, 0.717) is 33.8 Å². The van der Waals surface area contributed by atoms with Crippen LogP contribution in [0.1, 0.15) is 6.42 Å². The van der Waals surface area contributed by atoms with E-state index in [-0.39, 0.29) is 12.3 Å². The van der Waals surface area contributed by atoms with Crippen LogP contribution in [0.2, 0.25) is 10.0 Å². The zero-order chi connectivity index (χ0) is 17.5. The Kier molecular flexibility index (Phi) is 6.58. The van der Waals surface area contributed by atoms with Crippen molar-refractivity contribution < 1.29 is 14.3 Å². The molecule has 1 amide bonds. The predicted octanol–water partition coefficient (Wildman–Crippen LogP) is 4.45. The molecule has 0 aliphatic rings. The van der Waals surface area contributed by atoms with Gasteiger partial charge in [-0.2, -0.15) is 0 Å². The molecule has 0 aliphatic carbocycles. The lowest BCUT2D eigenvalue weighted by molar-refractivity contribution is -0.115. The molecule has 0 aromatic heterocycles. The lowest BCUT2D eigenvalue weighted by Crippen LogP contribution is -2.16. The van der Waals surface area contributed by atoms with Gasteiger partial charge in [-0.15, -0.1) is 0 Å². The molecule has 0 heterocycles. The van der Waals surface area contributed by atoms with Gasteiger partial charge in [0.15, 0.2) is 0 Å². The monoisotopic (exact) mass is 368 g/mol. The normalized spacial score (nSPS) is 10.2. The molecular formula is C17H18Cl2N2O3. The van der Waals surface area contributed by atoms with Crippen molar-refractivity contribution in [3.8, 4) is 11.5 Å². The van der Waals surface area contributed by atoms with Crippen LogP contribution < -0.4 is 20.1 Å². The largest absolute Gasteiger partial charge is 0.497 e. The minimum atomic E-state index is -0.151. The van der Waals surface area contributed by atoms with Crippen LogP contribution in [0, 0.1) is 0 Å². The van der Waals surface area contributed by atoms with E-state index >= 15 is 0 Å². The summed E-state index contributed by atoms with van der Waals surface area (Å²) < 4.78 is 10.4. The zero-order valence-electron chi connectivity index (χ0n) is 13.4. The molecule has 2 aromatic rings. The number of hydrogen-bond donors (Lipinski definition) is 2. The number of amides is 1. The minimum Gasteiger partial charge on any atom is -0.497 e. The van der Waals surface area contributed by atoms with Crippen LogP contribution in [0.25, 0.3) is 0 Å². The summed E-state index contributed by atoms with van der Waals surface area (Å²) in [7, 11) is 3.11. The molecular weight excluding hydrogens is 351 g/mol. The minimum absolute atomic E-state index is 0.151. The summed E-state index contributed by atoms with van der Waals surface area (Å²) in [5.74, 6) is 1.05. The molecule has 0 radical (unpaired) electrons. The van der Waals surface area contributed by atoms with Crippen molar-refractivity contribution in [2.45, 2.75) is 6.42 Å². The second kappa shape index (κ2) is 8.66. The van der Waals surface area contributed by atoms with Gasteiger partial charge in [-0.05, 0) is 30.3 Å². The second-order valence-electron chi connectivity index (χ2n) is 4.95. The van der Waals surface area contributed by atoms with E-state index in [1.807, 2.05) is 0 Å². The summed E-state index contributed by atoms with van der Waals surface area (Å²) in [6, 6.07) is 10.4. The summed E-state index contributed by atoms with van der Waals surface area (Å²) in [6.45, 7) is 0.439. The maximum Gasteiger partial charge on any atom is 0.226 e. The van der Waals surface area contributed by atoms with Gasteiger partial charge in [0.05, 0.1) is 19.9 Å². The standard InChI is InChI=1S/C17H18Cl2N2O3/c1-23-14-3-4-16(24-2)15(10-14)21-17(22)5-6-20-13-8-11(18)7-12(19)9-13/h3-4,7-10,20H,5-6H2,1-2H3,(H,21,22). The van der Waals surface area contributed by atoms with Crippen LogP contribution in [0.5, 0.6) is 11.5 Å². The number of carbonyl (C=O) groups excluding carboxylic acids is 1. The Morgan fingerprint density at radius 1 is 1.04 bits per heavy atom. The molecule has 0 fully saturated rings. The maximum absolute atomic E-state index is 12.1. The van der Waals surface area contributed by atoms with Gasteiger partial charge >= 0.3 is 0 Å². The van der Waals surface area contributed by atoms with E-state index in [4.69, 9.17) is 32.7 Å². The first-order valence-electron chi connectivity index (χ1n) is 7.23. The van der Waals surface area contributed by atoms with Crippen LogP contribution in [0.15, 0.2) is 36.4 Å². The number of halogens is 2. The Bertz CT molecular complexity index is 703. The van der Waals surface area contributed by atoms with Gasteiger partial charge in [0, 0.05) is 34.8 Å². The number of methoxy groups -OCH3 is 2. The van der Waals surface area contributed by atoms with Gasteiger partial charge in [0.25, 0.3) is 0 Å². The van der Waals surface area contributed by atoms with Gasteiger partial charge in [-0.25, -0.2) is 0 Å². The number of anilines is 2. The van der Waals surface area contributed by atoms with Gasteiger partial charge in [0.1, 0.15) is 11.5 Å². The molecule has 128 valence electrons. The van der Waals surface area contributed by atoms with E-state index in [0.717, 1.165) is 5.69 Å². The third-order valence-electron chi connectivity index (χ3n) is 3.22. The number of ether oxygens (including phenoxy) is 2. The van der Waals surface area contributed by atoms with E-state index in [2.05, 4.69) is 10.6 Å². The van der Waals surface area contributed by atoms with Crippen LogP contribution in [0.3, 0.4) is 0 Å². The topological polar surface area (TPSA) is 59.6 Å². The Balaban J connectivity index is 1.91. The van der Waals surface area contributed by atoms with Gasteiger partial charge < -0.3 is 20.1 Å². The molecule has 2 N–H and O–H groups in total. The first kappa shape index (κ1) is 18.2. The van der Waals surface area contributed by atoms with Crippen molar-refractivity contribution in [2.75, 3.05) is 31.4 Å². The SMILES string of the molecule is COc1ccc(OC)c(NC(=O)CCNc2cc(Cl)cc(Cl)c2)c1. The lowest BCUT2D eigenvalue weighted by Gasteiger charge is -2.12. The van der Waals surface area contributed by atoms with Crippen molar-refractivity contribution in [2.24, 2.45) is 0 Å². The summed E-state index contributed by atoms with van der Waals surface area (Å²) in [5.41, 5.74) is 1.33. The van der Waals surface area contributed by atoms with Crippen molar-refractivity contribution >= 4 is 40.5 Å². The molecule has 0 aliphatic heterocycles. The third kappa shape index (κ3) is 5.22. The molecule has 0 bridgehead atoms. The molecule has 24 heavy (non-hydrogen) atoms. The van der Waals surface area contributed by atoms with E-state index in [9.17, 15) is 4.79 Å². The van der Waals surface area contributed by atoms with Crippen LogP contribution >= 0.6 is 23.2 Å². The number of benzene rings is 2. The fourth-order valence-electron chi connectivity index (χ4n) is 2.10. The first-order chi connectivity index (χ1) is 11.5. The van der Waals surface area contributed by atoms with E-state index < -0.39 is 0 Å². The highest BCUT2D eigenvalue weighted by molar-refractivity contribution is 6.35. The number of nitrogens with one attached hydrogen (secondary N) is 2. The zero-order valence-corrected chi connectivity index (χ0v) is 14.9. The maximum atomic E-state index is 12.1. The van der Waals surface area contributed by atoms with Gasteiger partial charge in [-0.1, -0.05) is 23.2 Å². The Hall–Kier alpha value is -2.11. The fraction of sp³-hybridized carbons (Fsp3) is 0.235. The summed E-state index contributed by atoms with van der Waals surface area (Å²) in [6.07, 6.45) is 0.268. The highest BCUT2D eigenvalue weighted by atomic mass is 35.5. The van der Waals surface area contributed by atoms with Crippen LogP contribution in [-0.4, -0.2) is 26.7 Å². The highest BCUT2D eigenvalue weighted by Crippen LogP contribution is 2.29. The molecule has 7 heteroatoms. The molecule has 2 aromatic carbocycles. The van der Waals surface area contributed by atoms with Crippen molar-refractivity contribution in [1.29, 1.82) is 0 Å². The molecule has 5 nitrogen and oxygen atoms in total. The molecule has 0 unspecified atom stereocenters. The quantitative estimate of drug-likeness (QED) is 0.757. The first-order valence-corrected chi connectivity index (χ1v) is 7.99. The smallest absolute Gasteiger partial charge is 0.226 e. The second-order valence-corrected chi connectivity index (χ2v) is 5.82. The van der Waals surface area contributed by atoms with Crippen LogP contribution in [0.4, 0.5) is 11.4 Å². The average molecular weight is 369 g/mol. The Morgan fingerprint density at radius 2 is 1.75 bits per heavy atom. The molecule has 2 rings (SSSR count). The lowest BCUT2D eigenvalue weighted by atomic mass is 10.2. The molecule has 0 atom stereocenters. The Morgan fingerprint density at radius 3 is 2.38 bits per heavy atom. The third-order valence-corrected chi connectivity index (χ3v) is 3.66. The fourth-order valence-corrected chi connectivity index (χ4v) is 2.63.